The number of furan rings is 1. The zero-order valence-corrected chi connectivity index (χ0v) is 12.8. The summed E-state index contributed by atoms with van der Waals surface area (Å²) >= 11 is 11.0. The van der Waals surface area contributed by atoms with Gasteiger partial charge in [0.15, 0.2) is 0 Å². The van der Waals surface area contributed by atoms with Crippen LogP contribution in [0.4, 0.5) is 0 Å². The highest BCUT2D eigenvalue weighted by molar-refractivity contribution is 9.10. The van der Waals surface area contributed by atoms with E-state index in [1.807, 2.05) is 35.7 Å². The average molecular weight is 358 g/mol. The van der Waals surface area contributed by atoms with E-state index in [0.717, 1.165) is 26.1 Å². The molecule has 0 spiro atoms. The number of hydrogen-bond donors (Lipinski definition) is 2. The van der Waals surface area contributed by atoms with Crippen molar-refractivity contribution in [3.63, 3.8) is 0 Å². The van der Waals surface area contributed by atoms with E-state index in [1.54, 1.807) is 11.3 Å². The molecule has 3 rings (SSSR count). The molecule has 3 nitrogen and oxygen atoms in total. The Morgan fingerprint density at radius 2 is 2.16 bits per heavy atom. The van der Waals surface area contributed by atoms with Gasteiger partial charge in [-0.2, -0.15) is 0 Å². The van der Waals surface area contributed by atoms with E-state index in [9.17, 15) is 0 Å². The summed E-state index contributed by atoms with van der Waals surface area (Å²) in [7, 11) is 0. The van der Waals surface area contributed by atoms with Gasteiger partial charge in [0.25, 0.3) is 0 Å². The monoisotopic (exact) mass is 356 g/mol. The van der Waals surface area contributed by atoms with Crippen molar-refractivity contribution in [2.24, 2.45) is 5.84 Å². The molecule has 0 bridgehead atoms. The second-order valence-electron chi connectivity index (χ2n) is 4.10. The molecule has 98 valence electrons. The standard InChI is InChI=1S/C13H10BrClN2OS/c14-8-5-12(19-6-8)13(17-16)11-4-7-3-9(15)1-2-10(7)18-11/h1-6,13,17H,16H2. The summed E-state index contributed by atoms with van der Waals surface area (Å²) in [4.78, 5) is 1.08. The molecule has 0 aliphatic carbocycles. The number of fused-ring (bicyclic) bond motifs is 1. The average Bonchev–Trinajstić information content (AvgIpc) is 2.96. The van der Waals surface area contributed by atoms with Crippen LogP contribution in [0.1, 0.15) is 16.7 Å². The summed E-state index contributed by atoms with van der Waals surface area (Å²) in [6, 6.07) is 9.36. The van der Waals surface area contributed by atoms with Crippen molar-refractivity contribution in [2.45, 2.75) is 6.04 Å². The van der Waals surface area contributed by atoms with Crippen LogP contribution in [0.3, 0.4) is 0 Å². The molecule has 0 aliphatic heterocycles. The third-order valence-corrected chi connectivity index (χ3v) is 4.81. The van der Waals surface area contributed by atoms with E-state index in [4.69, 9.17) is 21.9 Å². The quantitative estimate of drug-likeness (QED) is 0.537. The second-order valence-corrected chi connectivity index (χ2v) is 6.39. The van der Waals surface area contributed by atoms with Crippen molar-refractivity contribution in [3.8, 4) is 0 Å². The van der Waals surface area contributed by atoms with Crippen LogP contribution in [-0.4, -0.2) is 0 Å². The van der Waals surface area contributed by atoms with Crippen LogP contribution in [0, 0.1) is 0 Å². The molecule has 6 heteroatoms. The van der Waals surface area contributed by atoms with Crippen LogP contribution < -0.4 is 11.3 Å². The van der Waals surface area contributed by atoms with E-state index >= 15 is 0 Å². The van der Waals surface area contributed by atoms with Gasteiger partial charge in [0.2, 0.25) is 0 Å². The van der Waals surface area contributed by atoms with E-state index in [0.29, 0.717) is 5.02 Å². The van der Waals surface area contributed by atoms with Crippen molar-refractivity contribution in [1.29, 1.82) is 0 Å². The third kappa shape index (κ3) is 2.57. The minimum Gasteiger partial charge on any atom is -0.459 e. The van der Waals surface area contributed by atoms with E-state index < -0.39 is 0 Å². The van der Waals surface area contributed by atoms with Crippen LogP contribution in [0.15, 0.2) is 44.6 Å². The van der Waals surface area contributed by atoms with Gasteiger partial charge in [-0.15, -0.1) is 11.3 Å². The summed E-state index contributed by atoms with van der Waals surface area (Å²) in [5.74, 6) is 6.43. The summed E-state index contributed by atoms with van der Waals surface area (Å²) in [6.07, 6.45) is 0. The highest BCUT2D eigenvalue weighted by Gasteiger charge is 2.19. The number of rotatable bonds is 3. The van der Waals surface area contributed by atoms with Gasteiger partial charge < -0.3 is 4.42 Å². The Morgan fingerprint density at radius 1 is 1.32 bits per heavy atom. The molecule has 0 saturated carbocycles. The third-order valence-electron chi connectivity index (χ3n) is 2.82. The molecule has 0 radical (unpaired) electrons. The topological polar surface area (TPSA) is 51.2 Å². The van der Waals surface area contributed by atoms with Crippen molar-refractivity contribution in [2.75, 3.05) is 0 Å². The lowest BCUT2D eigenvalue weighted by molar-refractivity contribution is 0.481. The van der Waals surface area contributed by atoms with Gasteiger partial charge in [0.05, 0.1) is 0 Å². The first-order valence-electron chi connectivity index (χ1n) is 5.56. The van der Waals surface area contributed by atoms with Crippen molar-refractivity contribution < 1.29 is 4.42 Å². The summed E-state index contributed by atoms with van der Waals surface area (Å²) in [6.45, 7) is 0. The van der Waals surface area contributed by atoms with Crippen LogP contribution in [0.25, 0.3) is 11.0 Å². The van der Waals surface area contributed by atoms with Crippen LogP contribution in [-0.2, 0) is 0 Å². The molecule has 0 amide bonds. The molecule has 2 aromatic heterocycles. The van der Waals surface area contributed by atoms with Gasteiger partial charge in [0.1, 0.15) is 17.4 Å². The van der Waals surface area contributed by atoms with Gasteiger partial charge in [-0.1, -0.05) is 11.6 Å². The Labute approximate surface area is 127 Å². The van der Waals surface area contributed by atoms with Gasteiger partial charge in [-0.3, -0.25) is 5.84 Å². The number of thiophene rings is 1. The molecule has 3 aromatic rings. The minimum absolute atomic E-state index is 0.164. The zero-order chi connectivity index (χ0) is 13.4. The number of hydrogen-bond acceptors (Lipinski definition) is 4. The van der Waals surface area contributed by atoms with Crippen molar-refractivity contribution in [1.82, 2.24) is 5.43 Å². The van der Waals surface area contributed by atoms with Gasteiger partial charge in [0, 0.05) is 25.1 Å². The van der Waals surface area contributed by atoms with Crippen molar-refractivity contribution >= 4 is 49.8 Å². The molecule has 1 atom stereocenters. The van der Waals surface area contributed by atoms with E-state index in [1.165, 1.54) is 0 Å². The van der Waals surface area contributed by atoms with Gasteiger partial charge >= 0.3 is 0 Å². The van der Waals surface area contributed by atoms with Crippen LogP contribution >= 0.6 is 38.9 Å². The molecule has 2 heterocycles. The Bertz CT molecular complexity index is 724. The molecule has 0 saturated heterocycles. The highest BCUT2D eigenvalue weighted by atomic mass is 79.9. The molecule has 1 unspecified atom stereocenters. The first-order chi connectivity index (χ1) is 9.17. The van der Waals surface area contributed by atoms with Gasteiger partial charge in [-0.05, 0) is 46.3 Å². The Morgan fingerprint density at radius 3 is 2.84 bits per heavy atom. The van der Waals surface area contributed by atoms with Gasteiger partial charge in [-0.25, -0.2) is 5.43 Å². The number of nitrogens with one attached hydrogen (secondary N) is 1. The molecule has 1 aromatic carbocycles. The van der Waals surface area contributed by atoms with Crippen LogP contribution in [0.2, 0.25) is 5.02 Å². The lowest BCUT2D eigenvalue weighted by atomic mass is 10.2. The largest absolute Gasteiger partial charge is 0.459 e. The van der Waals surface area contributed by atoms with E-state index in [-0.39, 0.29) is 6.04 Å². The Kier molecular flexibility index (Phi) is 3.64. The fraction of sp³-hybridized carbons (Fsp3) is 0.0769. The predicted molar refractivity (Wildman–Crippen MR) is 82.4 cm³/mol. The highest BCUT2D eigenvalue weighted by Crippen LogP contribution is 2.33. The van der Waals surface area contributed by atoms with E-state index in [2.05, 4.69) is 21.4 Å². The fourth-order valence-electron chi connectivity index (χ4n) is 1.96. The number of hydrazine groups is 1. The fourth-order valence-corrected chi connectivity index (χ4v) is 3.65. The molecule has 3 N–H and O–H groups in total. The second kappa shape index (κ2) is 5.26. The maximum Gasteiger partial charge on any atom is 0.134 e. The number of nitrogens with two attached hydrogens (primary N) is 1. The summed E-state index contributed by atoms with van der Waals surface area (Å²) in [5, 5.41) is 3.67. The van der Waals surface area contributed by atoms with Crippen LogP contribution in [0.5, 0.6) is 0 Å². The summed E-state index contributed by atoms with van der Waals surface area (Å²) in [5.41, 5.74) is 3.59. The molecule has 0 fully saturated rings. The number of halogens is 2. The Balaban J connectivity index is 2.06. The molecule has 19 heavy (non-hydrogen) atoms. The minimum atomic E-state index is -0.164. The molecular weight excluding hydrogens is 348 g/mol. The van der Waals surface area contributed by atoms with Crippen molar-refractivity contribution in [3.05, 3.63) is 55.8 Å². The smallest absolute Gasteiger partial charge is 0.134 e. The lowest BCUT2D eigenvalue weighted by Gasteiger charge is -2.10. The molecular formula is C13H10BrClN2OS. The summed E-state index contributed by atoms with van der Waals surface area (Å²) < 4.78 is 6.86. The maximum atomic E-state index is 5.98. The first kappa shape index (κ1) is 13.1. The normalized spacial score (nSPS) is 13.0. The Hall–Kier alpha value is -0.850. The lowest BCUT2D eigenvalue weighted by Crippen LogP contribution is -2.27. The predicted octanol–water partition coefficient (Wildman–Crippen LogP) is 4.46. The maximum absolute atomic E-state index is 5.98. The molecule has 0 aliphatic rings. The SMILES string of the molecule is NNC(c1cc2cc(Cl)ccc2o1)c1cc(Br)cs1. The first-order valence-corrected chi connectivity index (χ1v) is 7.61. The zero-order valence-electron chi connectivity index (χ0n) is 9.69. The number of benzene rings is 1.